The average molecular weight is 530 g/mol. The maximum atomic E-state index is 13.4. The zero-order chi connectivity index (χ0) is 21.1. The molecule has 4 rings (SSSR count). The van der Waals surface area contributed by atoms with Crippen LogP contribution >= 0.6 is 34.2 Å². The minimum atomic E-state index is -0.357. The van der Waals surface area contributed by atoms with E-state index in [0.717, 1.165) is 20.4 Å². The Balaban J connectivity index is 1.55. The number of benzene rings is 3. The average Bonchev–Trinajstić information content (AvgIpc) is 3.15. The van der Waals surface area contributed by atoms with E-state index in [1.54, 1.807) is 12.1 Å². The lowest BCUT2D eigenvalue weighted by atomic mass is 10.1. The van der Waals surface area contributed by atoms with Crippen molar-refractivity contribution in [2.24, 2.45) is 0 Å². The molecule has 30 heavy (non-hydrogen) atoms. The second-order valence-corrected chi connectivity index (χ2v) is 8.12. The van der Waals surface area contributed by atoms with E-state index in [9.17, 15) is 9.65 Å². The van der Waals surface area contributed by atoms with E-state index >= 15 is 0 Å². The molecule has 148 valence electrons. The molecule has 0 amide bonds. The van der Waals surface area contributed by atoms with Gasteiger partial charge in [-0.3, -0.25) is 0 Å². The van der Waals surface area contributed by atoms with Gasteiger partial charge in [-0.25, -0.2) is 9.37 Å². The van der Waals surface area contributed by atoms with Crippen LogP contribution in [0.3, 0.4) is 0 Å². The van der Waals surface area contributed by atoms with E-state index in [4.69, 9.17) is 16.3 Å². The van der Waals surface area contributed by atoms with Gasteiger partial charge in [0.15, 0.2) is 0 Å². The molecule has 0 fully saturated rings. The van der Waals surface area contributed by atoms with E-state index in [2.05, 4.69) is 38.6 Å². The molecule has 1 N–H and O–H groups in total. The molecule has 0 atom stereocenters. The van der Waals surface area contributed by atoms with Crippen molar-refractivity contribution in [2.75, 3.05) is 0 Å². The summed E-state index contributed by atoms with van der Waals surface area (Å²) in [7, 11) is 0. The lowest BCUT2D eigenvalue weighted by Gasteiger charge is -2.09. The Morgan fingerprint density at radius 2 is 1.97 bits per heavy atom. The van der Waals surface area contributed by atoms with E-state index in [-0.39, 0.29) is 5.82 Å². The number of nitrogens with zero attached hydrogens (tertiary/aromatic N) is 2. The zero-order valence-corrected chi connectivity index (χ0v) is 18.4. The molecule has 1 aromatic heterocycles. The number of hydrogen-bond donors (Lipinski definition) is 1. The number of aromatic nitrogens is 2. The van der Waals surface area contributed by atoms with Gasteiger partial charge in [-0.1, -0.05) is 29.8 Å². The van der Waals surface area contributed by atoms with Crippen LogP contribution in [0.15, 0.2) is 60.7 Å². The van der Waals surface area contributed by atoms with Gasteiger partial charge in [-0.2, -0.15) is 5.26 Å². The third-order valence-corrected chi connectivity index (χ3v) is 5.49. The second-order valence-electron chi connectivity index (χ2n) is 6.52. The molecule has 0 aliphatic rings. The Bertz CT molecular complexity index is 1290. The van der Waals surface area contributed by atoms with Crippen LogP contribution in [0, 0.1) is 20.7 Å². The number of halogens is 3. The fourth-order valence-electron chi connectivity index (χ4n) is 2.90. The lowest BCUT2D eigenvalue weighted by molar-refractivity contribution is 0.304. The monoisotopic (exact) mass is 529 g/mol. The Morgan fingerprint density at radius 3 is 2.70 bits per heavy atom. The van der Waals surface area contributed by atoms with Crippen molar-refractivity contribution in [2.45, 2.75) is 6.61 Å². The molecule has 0 spiro atoms. The molecule has 0 aliphatic carbocycles. The maximum Gasteiger partial charge on any atom is 0.149 e. The van der Waals surface area contributed by atoms with Gasteiger partial charge >= 0.3 is 0 Å². The molecule has 0 bridgehead atoms. The largest absolute Gasteiger partial charge is 0.488 e. The van der Waals surface area contributed by atoms with E-state index in [1.807, 2.05) is 42.5 Å². The predicted octanol–water partition coefficient (Wildman–Crippen LogP) is 6.60. The normalized spacial score (nSPS) is 11.5. The number of H-pyrrole nitrogens is 1. The molecule has 4 nitrogen and oxygen atoms in total. The SMILES string of the molecule is N#C/C(=C/c1ccc(OCc2ccc(Cl)cc2)c(I)c1)c1nc2ccc(F)cc2[nH]1. The number of nitriles is 1. The number of fused-ring (bicyclic) bond motifs is 1. The first kappa shape index (κ1) is 20.4. The van der Waals surface area contributed by atoms with E-state index in [0.29, 0.717) is 34.1 Å². The van der Waals surface area contributed by atoms with Crippen LogP contribution in [-0.2, 0) is 6.61 Å². The summed E-state index contributed by atoms with van der Waals surface area (Å²) >= 11 is 8.10. The van der Waals surface area contributed by atoms with Crippen LogP contribution < -0.4 is 4.74 Å². The summed E-state index contributed by atoms with van der Waals surface area (Å²) < 4.78 is 20.2. The highest BCUT2D eigenvalue weighted by atomic mass is 127. The van der Waals surface area contributed by atoms with Crippen LogP contribution in [0.4, 0.5) is 4.39 Å². The molecule has 0 radical (unpaired) electrons. The number of imidazole rings is 1. The number of hydrogen-bond acceptors (Lipinski definition) is 3. The summed E-state index contributed by atoms with van der Waals surface area (Å²) in [6, 6.07) is 19.6. The van der Waals surface area contributed by atoms with Crippen molar-refractivity contribution in [3.63, 3.8) is 0 Å². The fraction of sp³-hybridized carbons (Fsp3) is 0.0435. The second kappa shape index (κ2) is 8.86. The maximum absolute atomic E-state index is 13.4. The van der Waals surface area contributed by atoms with Gasteiger partial charge in [0.05, 0.1) is 20.2 Å². The lowest BCUT2D eigenvalue weighted by Crippen LogP contribution is -1.97. The van der Waals surface area contributed by atoms with Gasteiger partial charge in [-0.05, 0) is 82.3 Å². The molecule has 0 aliphatic heterocycles. The van der Waals surface area contributed by atoms with Crippen LogP contribution in [-0.4, -0.2) is 9.97 Å². The summed E-state index contributed by atoms with van der Waals surface area (Å²) in [4.78, 5) is 7.38. The summed E-state index contributed by atoms with van der Waals surface area (Å²) in [6.45, 7) is 0.432. The highest BCUT2D eigenvalue weighted by Gasteiger charge is 2.10. The predicted molar refractivity (Wildman–Crippen MR) is 124 cm³/mol. The fourth-order valence-corrected chi connectivity index (χ4v) is 3.72. The quantitative estimate of drug-likeness (QED) is 0.234. The van der Waals surface area contributed by atoms with E-state index < -0.39 is 0 Å². The number of aromatic amines is 1. The standard InChI is InChI=1S/C23H14ClFIN3O/c24-17-4-1-14(2-5-17)13-30-22-8-3-15(10-19(22)26)9-16(12-27)23-28-20-7-6-18(25)11-21(20)29-23/h1-11H,13H2,(H,28,29)/b16-9-. The summed E-state index contributed by atoms with van der Waals surface area (Å²) in [5, 5.41) is 10.3. The highest BCUT2D eigenvalue weighted by Crippen LogP contribution is 2.26. The van der Waals surface area contributed by atoms with Gasteiger partial charge in [0.2, 0.25) is 0 Å². The minimum Gasteiger partial charge on any atom is -0.488 e. The van der Waals surface area contributed by atoms with Crippen LogP contribution in [0.25, 0.3) is 22.7 Å². The third kappa shape index (κ3) is 4.64. The first-order valence-corrected chi connectivity index (χ1v) is 10.4. The first-order valence-electron chi connectivity index (χ1n) is 8.96. The Labute approximate surface area is 191 Å². The molecule has 1 heterocycles. The van der Waals surface area contributed by atoms with Crippen molar-refractivity contribution in [1.82, 2.24) is 9.97 Å². The molecule has 3 aromatic carbocycles. The van der Waals surface area contributed by atoms with Crippen molar-refractivity contribution in [1.29, 1.82) is 5.26 Å². The Hall–Kier alpha value is -2.89. The van der Waals surface area contributed by atoms with Crippen molar-refractivity contribution >= 4 is 56.9 Å². The molecule has 0 saturated carbocycles. The first-order chi connectivity index (χ1) is 14.5. The van der Waals surface area contributed by atoms with Gasteiger partial charge < -0.3 is 9.72 Å². The van der Waals surface area contributed by atoms with Crippen LogP contribution in [0.5, 0.6) is 5.75 Å². The summed E-state index contributed by atoms with van der Waals surface area (Å²) in [5.41, 5.74) is 3.37. The van der Waals surface area contributed by atoms with Gasteiger partial charge in [0.25, 0.3) is 0 Å². The van der Waals surface area contributed by atoms with Gasteiger partial charge in [0, 0.05) is 5.02 Å². The van der Waals surface area contributed by atoms with Crippen molar-refractivity contribution in [3.05, 3.63) is 92.0 Å². The smallest absolute Gasteiger partial charge is 0.149 e. The summed E-state index contributed by atoms with van der Waals surface area (Å²) in [6.07, 6.45) is 1.74. The molecule has 0 unspecified atom stereocenters. The molecule has 0 saturated heterocycles. The van der Waals surface area contributed by atoms with Gasteiger partial charge in [-0.15, -0.1) is 0 Å². The number of ether oxygens (including phenoxy) is 1. The van der Waals surface area contributed by atoms with Gasteiger partial charge in [0.1, 0.15) is 30.1 Å². The Morgan fingerprint density at radius 1 is 1.17 bits per heavy atom. The Kier molecular flexibility index (Phi) is 6.02. The number of rotatable bonds is 5. The van der Waals surface area contributed by atoms with Crippen molar-refractivity contribution in [3.8, 4) is 11.8 Å². The zero-order valence-electron chi connectivity index (χ0n) is 15.5. The minimum absolute atomic E-state index is 0.357. The number of nitrogens with one attached hydrogen (secondary N) is 1. The van der Waals surface area contributed by atoms with Crippen LogP contribution in [0.1, 0.15) is 17.0 Å². The summed E-state index contributed by atoms with van der Waals surface area (Å²) in [5.74, 6) is 0.792. The van der Waals surface area contributed by atoms with E-state index in [1.165, 1.54) is 12.1 Å². The highest BCUT2D eigenvalue weighted by molar-refractivity contribution is 14.1. The topological polar surface area (TPSA) is 61.7 Å². The molecular weight excluding hydrogens is 516 g/mol. The third-order valence-electron chi connectivity index (χ3n) is 4.39. The molecular formula is C23H14ClFIN3O. The van der Waals surface area contributed by atoms with Crippen molar-refractivity contribution < 1.29 is 9.13 Å². The molecule has 7 heteroatoms. The van der Waals surface area contributed by atoms with Crippen LogP contribution in [0.2, 0.25) is 5.02 Å². The number of allylic oxidation sites excluding steroid dienone is 1. The molecule has 4 aromatic rings.